The Kier molecular flexibility index (Phi) is 4.16. The number of halogens is 1. The minimum Gasteiger partial charge on any atom is -0.377 e. The molecular weight excluding hydrogens is 376 g/mol. The quantitative estimate of drug-likeness (QED) is 0.726. The second-order valence-corrected chi connectivity index (χ2v) is 7.91. The topological polar surface area (TPSA) is 32.3 Å². The summed E-state index contributed by atoms with van der Waals surface area (Å²) in [6.07, 6.45) is 5.64. The molecule has 128 valence electrons. The molecule has 0 saturated heterocycles. The van der Waals surface area contributed by atoms with Gasteiger partial charge >= 0.3 is 0 Å². The van der Waals surface area contributed by atoms with E-state index < -0.39 is 0 Å². The molecular formula is C21H21BrN2O. The minimum atomic E-state index is 0.0410. The first-order chi connectivity index (χ1) is 12.1. The molecule has 0 spiro atoms. The zero-order chi connectivity index (χ0) is 17.6. The van der Waals surface area contributed by atoms with Crippen LogP contribution in [-0.4, -0.2) is 24.9 Å². The van der Waals surface area contributed by atoms with Gasteiger partial charge in [-0.05, 0) is 41.7 Å². The Bertz CT molecular complexity index is 841. The van der Waals surface area contributed by atoms with Crippen molar-refractivity contribution in [1.82, 2.24) is 4.90 Å². The number of carbonyl (C=O) groups excluding carboxylic acids is 1. The predicted octanol–water partition coefficient (Wildman–Crippen LogP) is 4.98. The number of hydrogen-bond donors (Lipinski definition) is 1. The lowest BCUT2D eigenvalue weighted by atomic mass is 9.76. The third-order valence-corrected chi connectivity index (χ3v) is 5.79. The second-order valence-electron chi connectivity index (χ2n) is 7.00. The van der Waals surface area contributed by atoms with Crippen LogP contribution in [0.1, 0.15) is 39.9 Å². The number of hydrogen-bond acceptors (Lipinski definition) is 2. The van der Waals surface area contributed by atoms with Crippen molar-refractivity contribution in [2.45, 2.75) is 18.4 Å². The van der Waals surface area contributed by atoms with E-state index in [1.165, 1.54) is 11.1 Å². The summed E-state index contributed by atoms with van der Waals surface area (Å²) in [5.74, 6) is 0.887. The van der Waals surface area contributed by atoms with Gasteiger partial charge in [0.2, 0.25) is 0 Å². The van der Waals surface area contributed by atoms with E-state index >= 15 is 0 Å². The van der Waals surface area contributed by atoms with Gasteiger partial charge in [-0.2, -0.15) is 0 Å². The van der Waals surface area contributed by atoms with Gasteiger partial charge < -0.3 is 10.2 Å². The van der Waals surface area contributed by atoms with E-state index in [0.717, 1.165) is 22.1 Å². The molecule has 1 amide bonds. The van der Waals surface area contributed by atoms with Crippen LogP contribution in [0.25, 0.3) is 0 Å². The van der Waals surface area contributed by atoms with Gasteiger partial charge in [0.15, 0.2) is 0 Å². The average molecular weight is 397 g/mol. The van der Waals surface area contributed by atoms with E-state index in [1.807, 2.05) is 12.1 Å². The maximum Gasteiger partial charge on any atom is 0.255 e. The Morgan fingerprint density at radius 3 is 2.64 bits per heavy atom. The van der Waals surface area contributed by atoms with Crippen molar-refractivity contribution < 1.29 is 4.79 Å². The SMILES string of the molecule is CN(C)C(=O)c1cccc2c1N[C@@H](c1ccc(Br)cc1)[C@@H]1CC=C[C@@H]21. The summed E-state index contributed by atoms with van der Waals surface area (Å²) in [6, 6.07) is 14.8. The van der Waals surface area contributed by atoms with E-state index in [-0.39, 0.29) is 11.9 Å². The van der Waals surface area contributed by atoms with Crippen molar-refractivity contribution in [3.63, 3.8) is 0 Å². The summed E-state index contributed by atoms with van der Waals surface area (Å²) in [5, 5.41) is 3.71. The molecule has 0 saturated carbocycles. The fraction of sp³-hybridized carbons (Fsp3) is 0.286. The van der Waals surface area contributed by atoms with Gasteiger partial charge in [0.1, 0.15) is 0 Å². The molecule has 3 atom stereocenters. The van der Waals surface area contributed by atoms with Crippen molar-refractivity contribution >= 4 is 27.5 Å². The van der Waals surface area contributed by atoms with Gasteiger partial charge in [0.25, 0.3) is 5.91 Å². The molecule has 1 N–H and O–H groups in total. The number of nitrogens with zero attached hydrogens (tertiary/aromatic N) is 1. The first-order valence-electron chi connectivity index (χ1n) is 8.59. The van der Waals surface area contributed by atoms with E-state index in [9.17, 15) is 4.79 Å². The van der Waals surface area contributed by atoms with Crippen LogP contribution in [0.3, 0.4) is 0 Å². The molecule has 3 nitrogen and oxygen atoms in total. The Morgan fingerprint density at radius 1 is 1.16 bits per heavy atom. The van der Waals surface area contributed by atoms with Gasteiger partial charge in [-0.25, -0.2) is 0 Å². The van der Waals surface area contributed by atoms with Crippen molar-refractivity contribution in [2.75, 3.05) is 19.4 Å². The highest BCUT2D eigenvalue weighted by molar-refractivity contribution is 9.10. The molecule has 0 fully saturated rings. The first kappa shape index (κ1) is 16.4. The lowest BCUT2D eigenvalue weighted by molar-refractivity contribution is 0.0828. The first-order valence-corrected chi connectivity index (χ1v) is 9.39. The number of allylic oxidation sites excluding steroid dienone is 2. The molecule has 2 aromatic carbocycles. The summed E-state index contributed by atoms with van der Waals surface area (Å²) in [5.41, 5.74) is 4.24. The highest BCUT2D eigenvalue weighted by atomic mass is 79.9. The van der Waals surface area contributed by atoms with Crippen LogP contribution in [0.4, 0.5) is 5.69 Å². The number of carbonyl (C=O) groups is 1. The number of nitrogens with one attached hydrogen (secondary N) is 1. The molecule has 25 heavy (non-hydrogen) atoms. The van der Waals surface area contributed by atoms with Gasteiger partial charge in [-0.15, -0.1) is 0 Å². The number of fused-ring (bicyclic) bond motifs is 3. The summed E-state index contributed by atoms with van der Waals surface area (Å²) in [4.78, 5) is 14.3. The van der Waals surface area contributed by atoms with Crippen LogP contribution in [0.5, 0.6) is 0 Å². The number of benzene rings is 2. The molecule has 0 unspecified atom stereocenters. The number of amides is 1. The lowest BCUT2D eigenvalue weighted by Gasteiger charge is -2.38. The zero-order valence-electron chi connectivity index (χ0n) is 14.4. The van der Waals surface area contributed by atoms with E-state index in [2.05, 4.69) is 63.7 Å². The van der Waals surface area contributed by atoms with Crippen LogP contribution >= 0.6 is 15.9 Å². The van der Waals surface area contributed by atoms with E-state index in [1.54, 1.807) is 19.0 Å². The minimum absolute atomic E-state index is 0.0410. The average Bonchev–Trinajstić information content (AvgIpc) is 3.10. The van der Waals surface area contributed by atoms with Gasteiger partial charge in [-0.1, -0.05) is 52.3 Å². The van der Waals surface area contributed by atoms with Crippen LogP contribution < -0.4 is 5.32 Å². The summed E-state index contributed by atoms with van der Waals surface area (Å²) < 4.78 is 1.08. The zero-order valence-corrected chi connectivity index (χ0v) is 16.0. The molecule has 1 aliphatic carbocycles. The maximum absolute atomic E-state index is 12.7. The molecule has 0 bridgehead atoms. The molecule has 2 aliphatic rings. The van der Waals surface area contributed by atoms with Crippen molar-refractivity contribution in [3.8, 4) is 0 Å². The number of anilines is 1. The maximum atomic E-state index is 12.7. The van der Waals surface area contributed by atoms with Crippen molar-refractivity contribution in [1.29, 1.82) is 0 Å². The fourth-order valence-electron chi connectivity index (χ4n) is 4.04. The molecule has 0 radical (unpaired) electrons. The smallest absolute Gasteiger partial charge is 0.255 e. The number of rotatable bonds is 2. The summed E-state index contributed by atoms with van der Waals surface area (Å²) >= 11 is 3.52. The van der Waals surface area contributed by atoms with Gasteiger partial charge in [0, 0.05) is 24.5 Å². The third kappa shape index (κ3) is 2.78. The molecule has 1 aliphatic heterocycles. The Balaban J connectivity index is 1.81. The molecule has 4 heteroatoms. The molecule has 1 heterocycles. The fourth-order valence-corrected chi connectivity index (χ4v) is 4.31. The van der Waals surface area contributed by atoms with Crippen molar-refractivity contribution in [3.05, 3.63) is 75.8 Å². The number of para-hydroxylation sites is 1. The summed E-state index contributed by atoms with van der Waals surface area (Å²) in [6.45, 7) is 0. The third-order valence-electron chi connectivity index (χ3n) is 5.26. The Morgan fingerprint density at radius 2 is 1.92 bits per heavy atom. The highest BCUT2D eigenvalue weighted by Gasteiger charge is 2.39. The van der Waals surface area contributed by atoms with Crippen LogP contribution in [0.15, 0.2) is 59.1 Å². The summed E-state index contributed by atoms with van der Waals surface area (Å²) in [7, 11) is 3.60. The molecule has 0 aromatic heterocycles. The van der Waals surface area contributed by atoms with Crippen LogP contribution in [0, 0.1) is 5.92 Å². The monoisotopic (exact) mass is 396 g/mol. The Labute approximate surface area is 156 Å². The highest BCUT2D eigenvalue weighted by Crippen LogP contribution is 2.50. The lowest BCUT2D eigenvalue weighted by Crippen LogP contribution is -2.31. The van der Waals surface area contributed by atoms with Gasteiger partial charge in [0.05, 0.1) is 17.3 Å². The van der Waals surface area contributed by atoms with Gasteiger partial charge in [-0.3, -0.25) is 4.79 Å². The molecule has 2 aromatic rings. The molecule has 4 rings (SSSR count). The van der Waals surface area contributed by atoms with E-state index in [4.69, 9.17) is 0 Å². The van der Waals surface area contributed by atoms with Crippen LogP contribution in [0.2, 0.25) is 0 Å². The van der Waals surface area contributed by atoms with E-state index in [0.29, 0.717) is 11.8 Å². The standard InChI is InChI=1S/C21H21BrN2O/c1-24(2)21(25)18-8-4-7-17-15-5-3-6-16(15)19(23-20(17)18)13-9-11-14(22)12-10-13/h3-5,7-12,15-16,19,23H,6H2,1-2H3/t15-,16-,19+/m1/s1. The largest absolute Gasteiger partial charge is 0.377 e. The predicted molar refractivity (Wildman–Crippen MR) is 105 cm³/mol. The normalized spacial score (nSPS) is 23.6. The van der Waals surface area contributed by atoms with Crippen LogP contribution in [-0.2, 0) is 0 Å². The van der Waals surface area contributed by atoms with Crippen molar-refractivity contribution in [2.24, 2.45) is 5.92 Å². The second kappa shape index (κ2) is 6.34. The Hall–Kier alpha value is -2.07.